The Hall–Kier alpha value is -1.31. The predicted octanol–water partition coefficient (Wildman–Crippen LogP) is -0.108. The van der Waals surface area contributed by atoms with Gasteiger partial charge in [-0.25, -0.2) is 0 Å². The van der Waals surface area contributed by atoms with E-state index in [9.17, 15) is 5.02 Å². The van der Waals surface area contributed by atoms with Crippen molar-refractivity contribution in [1.82, 2.24) is 0 Å². The van der Waals surface area contributed by atoms with Crippen LogP contribution in [0.4, 0.5) is 0 Å². The molecule has 0 heterocycles. The predicted molar refractivity (Wildman–Crippen MR) is 45.8 cm³/mol. The van der Waals surface area contributed by atoms with Gasteiger partial charge in [0.15, 0.2) is 0 Å². The molecule has 60 valence electrons. The fourth-order valence-corrected chi connectivity index (χ4v) is 0.858. The summed E-state index contributed by atoms with van der Waals surface area (Å²) in [6.45, 7) is 0. The summed E-state index contributed by atoms with van der Waals surface area (Å²) in [4.78, 5) is 0. The smallest absolute Gasteiger partial charge is 0.423 e. The van der Waals surface area contributed by atoms with E-state index in [-0.39, 0.29) is 0 Å². The molecule has 1 aromatic rings. The first kappa shape index (κ1) is 8.79. The molecule has 0 aliphatic carbocycles. The van der Waals surface area contributed by atoms with Crippen molar-refractivity contribution >= 4 is 12.6 Å². The average Bonchev–Trinajstić information content (AvgIpc) is 2.17. The van der Waals surface area contributed by atoms with Crippen molar-refractivity contribution in [2.24, 2.45) is 0 Å². The molecule has 1 N–H and O–H groups in total. The van der Waals surface area contributed by atoms with Gasteiger partial charge in [0, 0.05) is 7.11 Å². The highest BCUT2D eigenvalue weighted by Crippen LogP contribution is 1.94. The first-order valence-electron chi connectivity index (χ1n) is 3.49. The first-order valence-corrected chi connectivity index (χ1v) is 3.49. The van der Waals surface area contributed by atoms with Crippen molar-refractivity contribution in [1.29, 1.82) is 5.26 Å². The average molecular weight is 161 g/mol. The molecule has 1 rings (SSSR count). The summed E-state index contributed by atoms with van der Waals surface area (Å²) in [7, 11) is 0.515. The Labute approximate surface area is 71.4 Å². The summed E-state index contributed by atoms with van der Waals surface area (Å²) >= 11 is 0. The van der Waals surface area contributed by atoms with E-state index in [1.54, 1.807) is 24.3 Å². The zero-order valence-corrected chi connectivity index (χ0v) is 6.69. The van der Waals surface area contributed by atoms with Crippen LogP contribution in [0.2, 0.25) is 0 Å². The van der Waals surface area contributed by atoms with Gasteiger partial charge in [0.2, 0.25) is 0 Å². The van der Waals surface area contributed by atoms with Crippen molar-refractivity contribution < 1.29 is 9.68 Å². The fourth-order valence-electron chi connectivity index (χ4n) is 0.858. The third-order valence-electron chi connectivity index (χ3n) is 1.55. The molecule has 0 fully saturated rings. The maximum absolute atomic E-state index is 9.19. The molecule has 0 bridgehead atoms. The second kappa shape index (κ2) is 3.91. The van der Waals surface area contributed by atoms with Crippen LogP contribution in [-0.4, -0.2) is 19.3 Å². The van der Waals surface area contributed by atoms with Gasteiger partial charge in [-0.1, -0.05) is 12.1 Å². The second-order valence-electron chi connectivity index (χ2n) is 2.32. The fraction of sp³-hybridized carbons (Fsp3) is 0.125. The van der Waals surface area contributed by atoms with Crippen molar-refractivity contribution in [3.05, 3.63) is 29.8 Å². The van der Waals surface area contributed by atoms with Gasteiger partial charge in [-0.3, -0.25) is 0 Å². The molecule has 4 heteroatoms. The van der Waals surface area contributed by atoms with E-state index in [1.165, 1.54) is 7.11 Å². The Morgan fingerprint density at radius 3 is 2.42 bits per heavy atom. The van der Waals surface area contributed by atoms with E-state index in [4.69, 9.17) is 5.26 Å². The molecule has 0 saturated heterocycles. The molecular weight excluding hydrogens is 153 g/mol. The molecule has 1 aromatic carbocycles. The minimum Gasteiger partial charge on any atom is -0.423 e. The molecule has 3 nitrogen and oxygen atoms in total. The quantitative estimate of drug-likeness (QED) is 0.615. The molecule has 12 heavy (non-hydrogen) atoms. The van der Waals surface area contributed by atoms with E-state index in [2.05, 4.69) is 4.65 Å². The third kappa shape index (κ3) is 1.85. The number of hydrogen-bond donors (Lipinski definition) is 1. The highest BCUT2D eigenvalue weighted by Gasteiger charge is 2.12. The van der Waals surface area contributed by atoms with Gasteiger partial charge in [0.05, 0.1) is 11.6 Å². The van der Waals surface area contributed by atoms with Crippen LogP contribution < -0.4 is 5.46 Å². The Balaban J connectivity index is 2.86. The summed E-state index contributed by atoms with van der Waals surface area (Å²) in [5.41, 5.74) is 1.22. The zero-order valence-electron chi connectivity index (χ0n) is 6.69. The van der Waals surface area contributed by atoms with Crippen LogP contribution in [0.15, 0.2) is 24.3 Å². The lowest BCUT2D eigenvalue weighted by atomic mass is 9.79. The maximum Gasteiger partial charge on any atom is 0.490 e. The number of benzene rings is 1. The molecule has 0 unspecified atom stereocenters. The largest absolute Gasteiger partial charge is 0.490 e. The first-order chi connectivity index (χ1) is 5.77. The number of nitriles is 1. The van der Waals surface area contributed by atoms with Gasteiger partial charge in [-0.15, -0.1) is 0 Å². The molecule has 0 spiro atoms. The highest BCUT2D eigenvalue weighted by molar-refractivity contribution is 6.59. The monoisotopic (exact) mass is 161 g/mol. The lowest BCUT2D eigenvalue weighted by Crippen LogP contribution is -2.32. The molecule has 0 aromatic heterocycles. The van der Waals surface area contributed by atoms with Gasteiger partial charge in [0.1, 0.15) is 0 Å². The number of rotatable bonds is 2. The molecular formula is C8H8BNO2. The van der Waals surface area contributed by atoms with Gasteiger partial charge in [0.25, 0.3) is 0 Å². The van der Waals surface area contributed by atoms with E-state index < -0.39 is 7.12 Å². The molecule has 0 amide bonds. The van der Waals surface area contributed by atoms with Crippen molar-refractivity contribution in [2.75, 3.05) is 7.11 Å². The van der Waals surface area contributed by atoms with Gasteiger partial charge >= 0.3 is 7.12 Å². The van der Waals surface area contributed by atoms with E-state index >= 15 is 0 Å². The van der Waals surface area contributed by atoms with E-state index in [1.807, 2.05) is 6.07 Å². The minimum absolute atomic E-state index is 0.571. The van der Waals surface area contributed by atoms with Crippen LogP contribution in [0.5, 0.6) is 0 Å². The summed E-state index contributed by atoms with van der Waals surface area (Å²) in [5.74, 6) is 0. The summed E-state index contributed by atoms with van der Waals surface area (Å²) in [6.07, 6.45) is 0. The maximum atomic E-state index is 9.19. The van der Waals surface area contributed by atoms with E-state index in [0.29, 0.717) is 11.0 Å². The van der Waals surface area contributed by atoms with Gasteiger partial charge in [-0.05, 0) is 17.6 Å². The standard InChI is InChI=1S/C8H8BNO2/c1-12-9(11)8-4-2-7(6-10)3-5-8/h2-5,11H,1H3. The molecule has 0 atom stereocenters. The minimum atomic E-state index is -0.905. The summed E-state index contributed by atoms with van der Waals surface area (Å²) in [5, 5.41) is 17.7. The van der Waals surface area contributed by atoms with Gasteiger partial charge < -0.3 is 9.68 Å². The van der Waals surface area contributed by atoms with Gasteiger partial charge in [-0.2, -0.15) is 5.26 Å². The number of hydrogen-bond acceptors (Lipinski definition) is 3. The van der Waals surface area contributed by atoms with Crippen LogP contribution in [0, 0.1) is 11.3 Å². The lowest BCUT2D eigenvalue weighted by molar-refractivity contribution is 0.341. The number of nitrogens with zero attached hydrogens (tertiary/aromatic N) is 1. The Morgan fingerprint density at radius 1 is 1.42 bits per heavy atom. The molecule has 0 aliphatic heterocycles. The van der Waals surface area contributed by atoms with Crippen molar-refractivity contribution in [3.63, 3.8) is 0 Å². The molecule has 0 saturated carbocycles. The Morgan fingerprint density at radius 2 is 2.00 bits per heavy atom. The zero-order chi connectivity index (χ0) is 8.97. The summed E-state index contributed by atoms with van der Waals surface area (Å²) in [6, 6.07) is 8.58. The second-order valence-corrected chi connectivity index (χ2v) is 2.32. The third-order valence-corrected chi connectivity index (χ3v) is 1.55. The SMILES string of the molecule is COB(O)c1ccc(C#N)cc1. The van der Waals surface area contributed by atoms with Crippen LogP contribution in [-0.2, 0) is 4.65 Å². The lowest BCUT2D eigenvalue weighted by Gasteiger charge is -2.02. The molecule has 0 aliphatic rings. The van der Waals surface area contributed by atoms with E-state index in [0.717, 1.165) is 0 Å². The Bertz CT molecular complexity index is 291. The highest BCUT2D eigenvalue weighted by atomic mass is 16.5. The van der Waals surface area contributed by atoms with Crippen LogP contribution in [0.25, 0.3) is 0 Å². The normalized spacial score (nSPS) is 9.08. The van der Waals surface area contributed by atoms with Crippen LogP contribution in [0.1, 0.15) is 5.56 Å². The van der Waals surface area contributed by atoms with Crippen LogP contribution in [0.3, 0.4) is 0 Å². The summed E-state index contributed by atoms with van der Waals surface area (Å²) < 4.78 is 4.68. The Kier molecular flexibility index (Phi) is 2.86. The van der Waals surface area contributed by atoms with Crippen molar-refractivity contribution in [2.45, 2.75) is 0 Å². The molecule has 0 radical (unpaired) electrons. The van der Waals surface area contributed by atoms with Crippen LogP contribution >= 0.6 is 0 Å². The topological polar surface area (TPSA) is 53.2 Å². The van der Waals surface area contributed by atoms with Crippen molar-refractivity contribution in [3.8, 4) is 6.07 Å².